The Morgan fingerprint density at radius 2 is 2.31 bits per heavy atom. The highest BCUT2D eigenvalue weighted by atomic mass is 32.2. The summed E-state index contributed by atoms with van der Waals surface area (Å²) in [6.45, 7) is 3.61. The molecule has 2 rings (SSSR count). The molecule has 94 valence electrons. The monoisotopic (exact) mass is 264 g/mol. The zero-order valence-electron chi connectivity index (χ0n) is 9.68. The summed E-state index contributed by atoms with van der Waals surface area (Å²) in [7, 11) is -2.87. The minimum absolute atomic E-state index is 0.255. The van der Waals surface area contributed by atoms with Gasteiger partial charge in [0, 0.05) is 36.2 Å². The third-order valence-electron chi connectivity index (χ3n) is 3.72. The number of rotatable bonds is 2. The molecule has 0 aromatic rings. The van der Waals surface area contributed by atoms with Crippen LogP contribution in [0.1, 0.15) is 13.3 Å². The Morgan fingerprint density at radius 3 is 2.81 bits per heavy atom. The van der Waals surface area contributed by atoms with E-state index in [1.54, 1.807) is 0 Å². The molecule has 2 atom stereocenters. The van der Waals surface area contributed by atoms with Gasteiger partial charge in [-0.1, -0.05) is 0 Å². The van der Waals surface area contributed by atoms with Crippen molar-refractivity contribution in [2.45, 2.75) is 24.9 Å². The van der Waals surface area contributed by atoms with Crippen molar-refractivity contribution in [2.75, 3.05) is 36.1 Å². The van der Waals surface area contributed by atoms with Gasteiger partial charge in [-0.05, 0) is 13.3 Å². The van der Waals surface area contributed by atoms with Crippen molar-refractivity contribution in [3.05, 3.63) is 0 Å². The van der Waals surface area contributed by atoms with Crippen LogP contribution in [0.15, 0.2) is 0 Å². The zero-order chi connectivity index (χ0) is 11.8. The van der Waals surface area contributed by atoms with Gasteiger partial charge >= 0.3 is 0 Å². The smallest absolute Gasteiger partial charge is 0.152 e. The molecule has 0 bridgehead atoms. The van der Waals surface area contributed by atoms with Gasteiger partial charge < -0.3 is 5.73 Å². The number of sulfone groups is 1. The Hall–Kier alpha value is 0.220. The summed E-state index contributed by atoms with van der Waals surface area (Å²) in [5.41, 5.74) is 5.59. The lowest BCUT2D eigenvalue weighted by Gasteiger charge is -2.45. The second kappa shape index (κ2) is 4.48. The summed E-state index contributed by atoms with van der Waals surface area (Å²) >= 11 is 1.94. The van der Waals surface area contributed by atoms with Crippen LogP contribution in [0.4, 0.5) is 0 Å². The molecule has 2 fully saturated rings. The maximum atomic E-state index is 11.7. The quantitative estimate of drug-likeness (QED) is 0.757. The minimum Gasteiger partial charge on any atom is -0.329 e. The van der Waals surface area contributed by atoms with Crippen molar-refractivity contribution in [3.8, 4) is 0 Å². The maximum Gasteiger partial charge on any atom is 0.152 e. The lowest BCUT2D eigenvalue weighted by Crippen LogP contribution is -2.60. The van der Waals surface area contributed by atoms with E-state index >= 15 is 0 Å². The Kier molecular flexibility index (Phi) is 3.55. The first-order valence-electron chi connectivity index (χ1n) is 5.74. The van der Waals surface area contributed by atoms with Crippen molar-refractivity contribution in [2.24, 2.45) is 5.73 Å². The third kappa shape index (κ3) is 2.25. The first kappa shape index (κ1) is 12.7. The van der Waals surface area contributed by atoms with Crippen LogP contribution in [0.3, 0.4) is 0 Å². The molecule has 6 heteroatoms. The van der Waals surface area contributed by atoms with Crippen molar-refractivity contribution in [3.63, 3.8) is 0 Å². The van der Waals surface area contributed by atoms with Crippen LogP contribution in [0.25, 0.3) is 0 Å². The standard InChI is InChI=1S/C10H20N2O2S2/c1-9-6-15-4-3-12(9)10(7-11)2-5-16(13,14)8-10/h9H,2-8,11H2,1H3. The Bertz CT molecular complexity index is 358. The molecule has 4 nitrogen and oxygen atoms in total. The van der Waals surface area contributed by atoms with Crippen molar-refractivity contribution in [1.82, 2.24) is 4.90 Å². The van der Waals surface area contributed by atoms with E-state index < -0.39 is 9.84 Å². The molecule has 2 aliphatic rings. The van der Waals surface area contributed by atoms with E-state index in [9.17, 15) is 8.42 Å². The average Bonchev–Trinajstić information content (AvgIpc) is 2.56. The summed E-state index contributed by atoms with van der Waals surface area (Å²) in [5.74, 6) is 2.74. The maximum absolute atomic E-state index is 11.7. The normalized spacial score (nSPS) is 40.0. The molecule has 2 saturated heterocycles. The van der Waals surface area contributed by atoms with Crippen molar-refractivity contribution >= 4 is 21.6 Å². The predicted molar refractivity (Wildman–Crippen MR) is 68.5 cm³/mol. The van der Waals surface area contributed by atoms with Gasteiger partial charge in [0.05, 0.1) is 11.5 Å². The summed E-state index contributed by atoms with van der Waals surface area (Å²) < 4.78 is 23.3. The molecule has 0 radical (unpaired) electrons. The van der Waals surface area contributed by atoms with E-state index in [1.165, 1.54) is 0 Å². The number of nitrogens with two attached hydrogens (primary N) is 1. The van der Waals surface area contributed by atoms with Crippen LogP contribution in [-0.4, -0.2) is 61.0 Å². The largest absolute Gasteiger partial charge is 0.329 e. The van der Waals surface area contributed by atoms with Crippen LogP contribution in [0.2, 0.25) is 0 Å². The van der Waals surface area contributed by atoms with E-state index in [1.807, 2.05) is 11.8 Å². The van der Waals surface area contributed by atoms with Crippen LogP contribution in [0.5, 0.6) is 0 Å². The van der Waals surface area contributed by atoms with Crippen LogP contribution >= 0.6 is 11.8 Å². The fourth-order valence-electron chi connectivity index (χ4n) is 2.84. The van der Waals surface area contributed by atoms with E-state index in [0.717, 1.165) is 18.1 Å². The summed E-state index contributed by atoms with van der Waals surface area (Å²) in [6.07, 6.45) is 0.709. The third-order valence-corrected chi connectivity index (χ3v) is 6.72. The molecule has 2 unspecified atom stereocenters. The number of hydrogen-bond acceptors (Lipinski definition) is 5. The Labute approximate surface area is 102 Å². The molecule has 0 aliphatic carbocycles. The SMILES string of the molecule is CC1CSCCN1C1(CN)CCS(=O)(=O)C1. The van der Waals surface area contributed by atoms with Crippen molar-refractivity contribution < 1.29 is 8.42 Å². The summed E-state index contributed by atoms with van der Waals surface area (Å²) in [4.78, 5) is 2.34. The fourth-order valence-corrected chi connectivity index (χ4v) is 5.93. The van der Waals surface area contributed by atoms with Gasteiger partial charge in [0.15, 0.2) is 9.84 Å². The van der Waals surface area contributed by atoms with Crippen molar-refractivity contribution in [1.29, 1.82) is 0 Å². The van der Waals surface area contributed by atoms with E-state index in [0.29, 0.717) is 24.8 Å². The Morgan fingerprint density at radius 1 is 1.56 bits per heavy atom. The van der Waals surface area contributed by atoms with Crippen LogP contribution < -0.4 is 5.73 Å². The second-order valence-corrected chi connectivity index (χ2v) is 8.22. The summed E-state index contributed by atoms with van der Waals surface area (Å²) in [5, 5.41) is 0. The molecule has 0 spiro atoms. The topological polar surface area (TPSA) is 63.4 Å². The lowest BCUT2D eigenvalue weighted by atomic mass is 9.95. The molecule has 2 aliphatic heterocycles. The molecule has 0 aromatic heterocycles. The van der Waals surface area contributed by atoms with E-state index in [4.69, 9.17) is 5.73 Å². The molecule has 16 heavy (non-hydrogen) atoms. The highest BCUT2D eigenvalue weighted by molar-refractivity contribution is 7.99. The molecule has 2 heterocycles. The predicted octanol–water partition coefficient (Wildman–Crippen LogP) is -0.0603. The molecule has 0 saturated carbocycles. The lowest BCUT2D eigenvalue weighted by molar-refractivity contribution is 0.0875. The fraction of sp³-hybridized carbons (Fsp3) is 1.00. The zero-order valence-corrected chi connectivity index (χ0v) is 11.3. The first-order chi connectivity index (χ1) is 7.49. The van der Waals surface area contributed by atoms with E-state index in [2.05, 4.69) is 11.8 Å². The number of hydrogen-bond donors (Lipinski definition) is 1. The van der Waals surface area contributed by atoms with Gasteiger partial charge in [-0.25, -0.2) is 8.42 Å². The highest BCUT2D eigenvalue weighted by Crippen LogP contribution is 2.33. The van der Waals surface area contributed by atoms with Gasteiger partial charge in [0.2, 0.25) is 0 Å². The Balaban J connectivity index is 2.21. The van der Waals surface area contributed by atoms with Gasteiger partial charge in [-0.15, -0.1) is 0 Å². The average molecular weight is 264 g/mol. The first-order valence-corrected chi connectivity index (χ1v) is 8.72. The van der Waals surface area contributed by atoms with Gasteiger partial charge in [-0.3, -0.25) is 4.90 Å². The van der Waals surface area contributed by atoms with Gasteiger partial charge in [0.25, 0.3) is 0 Å². The molecular formula is C10H20N2O2S2. The molecular weight excluding hydrogens is 244 g/mol. The van der Waals surface area contributed by atoms with Gasteiger partial charge in [-0.2, -0.15) is 11.8 Å². The molecule has 0 aromatic carbocycles. The van der Waals surface area contributed by atoms with Gasteiger partial charge in [0.1, 0.15) is 0 Å². The molecule has 2 N–H and O–H groups in total. The minimum atomic E-state index is -2.87. The number of nitrogens with zero attached hydrogens (tertiary/aromatic N) is 1. The second-order valence-electron chi connectivity index (χ2n) is 4.89. The number of thioether (sulfide) groups is 1. The van der Waals surface area contributed by atoms with Crippen LogP contribution in [0, 0.1) is 0 Å². The van der Waals surface area contributed by atoms with Crippen LogP contribution in [-0.2, 0) is 9.84 Å². The summed E-state index contributed by atoms with van der Waals surface area (Å²) in [6, 6.07) is 0.440. The molecule has 0 amide bonds. The van der Waals surface area contributed by atoms with E-state index in [-0.39, 0.29) is 11.3 Å². The highest BCUT2D eigenvalue weighted by Gasteiger charge is 2.47.